The maximum absolute atomic E-state index is 12.5. The fourth-order valence-corrected chi connectivity index (χ4v) is 3.27. The summed E-state index contributed by atoms with van der Waals surface area (Å²) in [6, 6.07) is 9.94. The minimum absolute atomic E-state index is 0.286. The normalized spacial score (nSPS) is 13.0. The molecule has 0 atom stereocenters. The number of hydrogen-bond donors (Lipinski definition) is 1. The summed E-state index contributed by atoms with van der Waals surface area (Å²) in [6.45, 7) is -0.372. The minimum Gasteiger partial charge on any atom is -0.376 e. The molecule has 0 unspecified atom stereocenters. The molecule has 0 aromatic heterocycles. The zero-order valence-electron chi connectivity index (χ0n) is 14.0. The van der Waals surface area contributed by atoms with Gasteiger partial charge in [-0.2, -0.15) is 0 Å². The first-order chi connectivity index (χ1) is 12.3. The Morgan fingerprint density at radius 2 is 1.81 bits per heavy atom. The Bertz CT molecular complexity index is 930. The predicted molar refractivity (Wildman–Crippen MR) is 104 cm³/mol. The van der Waals surface area contributed by atoms with Crippen LogP contribution in [0.15, 0.2) is 40.9 Å². The van der Waals surface area contributed by atoms with Crippen LogP contribution in [0, 0.1) is 0 Å². The molecule has 3 amide bonds. The average Bonchev–Trinajstić information content (AvgIpc) is 2.79. The van der Waals surface area contributed by atoms with Gasteiger partial charge in [0.15, 0.2) is 0 Å². The second kappa shape index (κ2) is 7.09. The Kier molecular flexibility index (Phi) is 5.02. The van der Waals surface area contributed by atoms with E-state index in [0.717, 1.165) is 10.6 Å². The number of benzene rings is 2. The summed E-state index contributed by atoms with van der Waals surface area (Å²) >= 11 is 9.28. The van der Waals surface area contributed by atoms with Crippen LogP contribution in [0.5, 0.6) is 0 Å². The van der Waals surface area contributed by atoms with Crippen molar-refractivity contribution in [3.05, 3.63) is 57.0 Å². The second-order valence-electron chi connectivity index (χ2n) is 5.99. The number of fused-ring (bicyclic) bond motifs is 1. The Labute approximate surface area is 163 Å². The van der Waals surface area contributed by atoms with E-state index in [0.29, 0.717) is 20.7 Å². The molecule has 0 fully saturated rings. The molecule has 0 saturated heterocycles. The van der Waals surface area contributed by atoms with Crippen molar-refractivity contribution < 1.29 is 14.4 Å². The Morgan fingerprint density at radius 3 is 2.50 bits per heavy atom. The quantitative estimate of drug-likeness (QED) is 0.746. The highest BCUT2D eigenvalue weighted by molar-refractivity contribution is 9.10. The molecule has 26 heavy (non-hydrogen) atoms. The molecule has 0 saturated carbocycles. The van der Waals surface area contributed by atoms with Crippen molar-refractivity contribution in [1.29, 1.82) is 0 Å². The molecule has 1 aliphatic heterocycles. The molecule has 1 N–H and O–H groups in total. The van der Waals surface area contributed by atoms with Gasteiger partial charge in [0.25, 0.3) is 11.8 Å². The maximum atomic E-state index is 12.5. The maximum Gasteiger partial charge on any atom is 0.262 e. The molecule has 134 valence electrons. The number of halogens is 2. The van der Waals surface area contributed by atoms with Crippen molar-refractivity contribution in [3.63, 3.8) is 0 Å². The van der Waals surface area contributed by atoms with E-state index in [-0.39, 0.29) is 12.1 Å². The number of rotatable bonds is 4. The zero-order valence-corrected chi connectivity index (χ0v) is 16.4. The van der Waals surface area contributed by atoms with Crippen LogP contribution in [0.3, 0.4) is 0 Å². The van der Waals surface area contributed by atoms with E-state index in [1.165, 1.54) is 0 Å². The van der Waals surface area contributed by atoms with Gasteiger partial charge in [0.1, 0.15) is 6.54 Å². The SMILES string of the molecule is CN(C)c1ccc(Cl)cc1NC(=O)CN1C(=O)c2ccc(Br)cc2C1=O. The molecule has 8 heteroatoms. The number of nitrogens with one attached hydrogen (secondary N) is 1. The van der Waals surface area contributed by atoms with Crippen molar-refractivity contribution in [1.82, 2.24) is 4.90 Å². The molecule has 2 aromatic carbocycles. The van der Waals surface area contributed by atoms with E-state index in [4.69, 9.17) is 11.6 Å². The van der Waals surface area contributed by atoms with Crippen molar-refractivity contribution in [3.8, 4) is 0 Å². The lowest BCUT2D eigenvalue weighted by Crippen LogP contribution is -2.37. The highest BCUT2D eigenvalue weighted by Crippen LogP contribution is 2.29. The second-order valence-corrected chi connectivity index (χ2v) is 7.34. The van der Waals surface area contributed by atoms with Crippen molar-refractivity contribution in [2.24, 2.45) is 0 Å². The number of imide groups is 1. The molecular weight excluding hydrogens is 422 g/mol. The average molecular weight is 437 g/mol. The zero-order chi connectivity index (χ0) is 19.0. The van der Waals surface area contributed by atoms with Crippen molar-refractivity contribution >= 4 is 56.6 Å². The fourth-order valence-electron chi connectivity index (χ4n) is 2.74. The summed E-state index contributed by atoms with van der Waals surface area (Å²) in [6.07, 6.45) is 0. The molecule has 0 spiro atoms. The van der Waals surface area contributed by atoms with Crippen LogP contribution < -0.4 is 10.2 Å². The van der Waals surface area contributed by atoms with Crippen LogP contribution in [0.2, 0.25) is 5.02 Å². The summed E-state index contributed by atoms with van der Waals surface area (Å²) in [5.74, 6) is -1.45. The number of anilines is 2. The summed E-state index contributed by atoms with van der Waals surface area (Å²) in [7, 11) is 3.67. The molecular formula is C18H15BrClN3O3. The topological polar surface area (TPSA) is 69.7 Å². The van der Waals surface area contributed by atoms with E-state index in [9.17, 15) is 14.4 Å². The van der Waals surface area contributed by atoms with Crippen molar-refractivity contribution in [2.75, 3.05) is 30.9 Å². The Balaban J connectivity index is 1.79. The van der Waals surface area contributed by atoms with E-state index in [2.05, 4.69) is 21.2 Å². The standard InChI is InChI=1S/C18H15BrClN3O3/c1-22(2)15-6-4-11(20)8-14(15)21-16(24)9-23-17(25)12-5-3-10(19)7-13(12)18(23)26/h3-8H,9H2,1-2H3,(H,21,24). The third kappa shape index (κ3) is 3.45. The van der Waals surface area contributed by atoms with Crippen molar-refractivity contribution in [2.45, 2.75) is 0 Å². The molecule has 3 rings (SSSR count). The lowest BCUT2D eigenvalue weighted by Gasteiger charge is -2.19. The third-order valence-corrected chi connectivity index (χ3v) is 4.68. The highest BCUT2D eigenvalue weighted by atomic mass is 79.9. The van der Waals surface area contributed by atoms with Gasteiger partial charge in [-0.3, -0.25) is 19.3 Å². The van der Waals surface area contributed by atoms with E-state index < -0.39 is 17.7 Å². The third-order valence-electron chi connectivity index (χ3n) is 3.95. The molecule has 6 nitrogen and oxygen atoms in total. The molecule has 2 aromatic rings. The predicted octanol–water partition coefficient (Wildman–Crippen LogP) is 3.40. The summed E-state index contributed by atoms with van der Waals surface area (Å²) in [5.41, 5.74) is 1.84. The first kappa shape index (κ1) is 18.4. The Hall–Kier alpha value is -2.38. The van der Waals surface area contributed by atoms with Crippen LogP contribution >= 0.6 is 27.5 Å². The van der Waals surface area contributed by atoms with Gasteiger partial charge in [0.2, 0.25) is 5.91 Å². The smallest absolute Gasteiger partial charge is 0.262 e. The first-order valence-corrected chi connectivity index (χ1v) is 8.87. The number of carbonyl (C=O) groups excluding carboxylic acids is 3. The molecule has 1 aliphatic rings. The van der Waals surface area contributed by atoms with E-state index >= 15 is 0 Å². The number of carbonyl (C=O) groups is 3. The molecule has 0 radical (unpaired) electrons. The van der Waals surface area contributed by atoms with Crippen LogP contribution in [-0.2, 0) is 4.79 Å². The van der Waals surface area contributed by atoms with Gasteiger partial charge in [-0.25, -0.2) is 0 Å². The molecule has 0 aliphatic carbocycles. The summed E-state index contributed by atoms with van der Waals surface area (Å²) < 4.78 is 0.693. The summed E-state index contributed by atoms with van der Waals surface area (Å²) in [5, 5.41) is 3.19. The van der Waals surface area contributed by atoms with Gasteiger partial charge in [-0.1, -0.05) is 27.5 Å². The monoisotopic (exact) mass is 435 g/mol. The van der Waals surface area contributed by atoms with Gasteiger partial charge >= 0.3 is 0 Å². The lowest BCUT2D eigenvalue weighted by atomic mass is 10.1. The molecule has 1 heterocycles. The van der Waals surface area contributed by atoms with Gasteiger partial charge in [0.05, 0.1) is 22.5 Å². The highest BCUT2D eigenvalue weighted by Gasteiger charge is 2.36. The largest absolute Gasteiger partial charge is 0.376 e. The van der Waals surface area contributed by atoms with Crippen LogP contribution in [0.4, 0.5) is 11.4 Å². The number of amides is 3. The fraction of sp³-hybridized carbons (Fsp3) is 0.167. The van der Waals surface area contributed by atoms with Gasteiger partial charge in [0, 0.05) is 23.6 Å². The Morgan fingerprint density at radius 1 is 1.12 bits per heavy atom. The molecule has 0 bridgehead atoms. The van der Waals surface area contributed by atoms with Crippen LogP contribution in [-0.4, -0.2) is 43.3 Å². The van der Waals surface area contributed by atoms with Crippen LogP contribution in [0.1, 0.15) is 20.7 Å². The number of nitrogens with zero attached hydrogens (tertiary/aromatic N) is 2. The van der Waals surface area contributed by atoms with Gasteiger partial charge in [-0.05, 0) is 36.4 Å². The van der Waals surface area contributed by atoms with E-state index in [1.54, 1.807) is 36.4 Å². The van der Waals surface area contributed by atoms with Gasteiger partial charge < -0.3 is 10.2 Å². The number of hydrogen-bond acceptors (Lipinski definition) is 4. The summed E-state index contributed by atoms with van der Waals surface area (Å²) in [4.78, 5) is 40.1. The lowest BCUT2D eigenvalue weighted by molar-refractivity contribution is -0.116. The first-order valence-electron chi connectivity index (χ1n) is 7.70. The van der Waals surface area contributed by atoms with E-state index in [1.807, 2.05) is 19.0 Å². The van der Waals surface area contributed by atoms with Gasteiger partial charge in [-0.15, -0.1) is 0 Å². The minimum atomic E-state index is -0.486. The van der Waals surface area contributed by atoms with Crippen LogP contribution in [0.25, 0.3) is 0 Å².